The van der Waals surface area contributed by atoms with Gasteiger partial charge in [0, 0.05) is 37.1 Å². The molecule has 0 aromatic heterocycles. The molecule has 0 bridgehead atoms. The molecule has 1 N–H and O–H groups in total. The zero-order chi connectivity index (χ0) is 11.4. The first kappa shape index (κ1) is 11.6. The SMILES string of the molecule is O=C1CCN(Cc2cccc(Br)c2)CCN1. The molecule has 1 fully saturated rings. The Morgan fingerprint density at radius 2 is 2.25 bits per heavy atom. The number of halogens is 1. The maximum Gasteiger partial charge on any atom is 0.221 e. The topological polar surface area (TPSA) is 32.3 Å². The van der Waals surface area contributed by atoms with Crippen LogP contribution in [0.4, 0.5) is 0 Å². The summed E-state index contributed by atoms with van der Waals surface area (Å²) in [5, 5.41) is 2.88. The first-order chi connectivity index (χ1) is 7.74. The molecule has 1 aliphatic heterocycles. The lowest BCUT2D eigenvalue weighted by Gasteiger charge is -2.18. The van der Waals surface area contributed by atoms with Crippen LogP contribution in [0, 0.1) is 0 Å². The van der Waals surface area contributed by atoms with Gasteiger partial charge in [0.05, 0.1) is 0 Å². The molecular formula is C12H15BrN2O. The van der Waals surface area contributed by atoms with Crippen molar-refractivity contribution in [2.45, 2.75) is 13.0 Å². The zero-order valence-electron chi connectivity index (χ0n) is 9.08. The summed E-state index contributed by atoms with van der Waals surface area (Å²) in [4.78, 5) is 13.5. The van der Waals surface area contributed by atoms with E-state index < -0.39 is 0 Å². The number of nitrogens with one attached hydrogen (secondary N) is 1. The molecule has 1 amide bonds. The van der Waals surface area contributed by atoms with Gasteiger partial charge in [-0.3, -0.25) is 9.69 Å². The minimum atomic E-state index is 0.164. The van der Waals surface area contributed by atoms with Crippen molar-refractivity contribution in [3.63, 3.8) is 0 Å². The number of benzene rings is 1. The maximum atomic E-state index is 11.2. The van der Waals surface area contributed by atoms with Gasteiger partial charge in [0.2, 0.25) is 5.91 Å². The van der Waals surface area contributed by atoms with Crippen LogP contribution in [-0.4, -0.2) is 30.4 Å². The lowest BCUT2D eigenvalue weighted by molar-refractivity contribution is -0.120. The quantitative estimate of drug-likeness (QED) is 0.897. The van der Waals surface area contributed by atoms with Gasteiger partial charge in [0.1, 0.15) is 0 Å². The molecule has 1 heterocycles. The molecule has 0 radical (unpaired) electrons. The molecule has 2 rings (SSSR count). The second-order valence-corrected chi connectivity index (χ2v) is 4.92. The van der Waals surface area contributed by atoms with Gasteiger partial charge < -0.3 is 5.32 Å². The summed E-state index contributed by atoms with van der Waals surface area (Å²) in [6.45, 7) is 3.44. The fourth-order valence-corrected chi connectivity index (χ4v) is 2.31. The third-order valence-corrected chi connectivity index (χ3v) is 3.19. The number of hydrogen-bond donors (Lipinski definition) is 1. The van der Waals surface area contributed by atoms with E-state index in [1.54, 1.807) is 0 Å². The summed E-state index contributed by atoms with van der Waals surface area (Å²) < 4.78 is 1.11. The molecule has 1 aromatic rings. The summed E-state index contributed by atoms with van der Waals surface area (Å²) in [5.74, 6) is 0.164. The molecular weight excluding hydrogens is 268 g/mol. The predicted molar refractivity (Wildman–Crippen MR) is 67.0 cm³/mol. The monoisotopic (exact) mass is 282 g/mol. The molecule has 1 aromatic carbocycles. The Balaban J connectivity index is 1.96. The summed E-state index contributed by atoms with van der Waals surface area (Å²) in [6.07, 6.45) is 0.605. The third-order valence-electron chi connectivity index (χ3n) is 2.70. The van der Waals surface area contributed by atoms with Crippen LogP contribution < -0.4 is 5.32 Å². The van der Waals surface area contributed by atoms with Crippen LogP contribution in [0.25, 0.3) is 0 Å². The van der Waals surface area contributed by atoms with Crippen LogP contribution in [0.15, 0.2) is 28.7 Å². The predicted octanol–water partition coefficient (Wildman–Crippen LogP) is 1.77. The van der Waals surface area contributed by atoms with Gasteiger partial charge in [-0.1, -0.05) is 28.1 Å². The van der Waals surface area contributed by atoms with E-state index in [-0.39, 0.29) is 5.91 Å². The Bertz CT molecular complexity index is 381. The van der Waals surface area contributed by atoms with Crippen LogP contribution in [0.1, 0.15) is 12.0 Å². The Labute approximate surface area is 104 Å². The first-order valence-electron chi connectivity index (χ1n) is 5.47. The number of carbonyl (C=O) groups excluding carboxylic acids is 1. The fraction of sp³-hybridized carbons (Fsp3) is 0.417. The van der Waals surface area contributed by atoms with Gasteiger partial charge in [-0.2, -0.15) is 0 Å². The highest BCUT2D eigenvalue weighted by molar-refractivity contribution is 9.10. The number of rotatable bonds is 2. The van der Waals surface area contributed by atoms with Crippen molar-refractivity contribution < 1.29 is 4.79 Å². The molecule has 0 unspecified atom stereocenters. The van der Waals surface area contributed by atoms with Crippen molar-refractivity contribution in [2.24, 2.45) is 0 Å². The lowest BCUT2D eigenvalue weighted by atomic mass is 10.2. The number of amides is 1. The molecule has 0 aliphatic carbocycles. The smallest absolute Gasteiger partial charge is 0.221 e. The van der Waals surface area contributed by atoms with E-state index >= 15 is 0 Å². The molecule has 16 heavy (non-hydrogen) atoms. The first-order valence-corrected chi connectivity index (χ1v) is 6.27. The highest BCUT2D eigenvalue weighted by Gasteiger charge is 2.13. The highest BCUT2D eigenvalue weighted by Crippen LogP contribution is 2.13. The fourth-order valence-electron chi connectivity index (χ4n) is 1.86. The van der Waals surface area contributed by atoms with Gasteiger partial charge in [-0.25, -0.2) is 0 Å². The molecule has 3 nitrogen and oxygen atoms in total. The molecule has 4 heteroatoms. The van der Waals surface area contributed by atoms with E-state index in [1.807, 2.05) is 12.1 Å². The Morgan fingerprint density at radius 1 is 1.38 bits per heavy atom. The average molecular weight is 283 g/mol. The van der Waals surface area contributed by atoms with E-state index in [0.717, 1.165) is 30.7 Å². The van der Waals surface area contributed by atoms with Crippen LogP contribution in [0.2, 0.25) is 0 Å². The third kappa shape index (κ3) is 3.32. The zero-order valence-corrected chi connectivity index (χ0v) is 10.7. The Hall–Kier alpha value is -0.870. The van der Waals surface area contributed by atoms with Gasteiger partial charge >= 0.3 is 0 Å². The van der Waals surface area contributed by atoms with Gasteiger partial charge in [-0.05, 0) is 17.7 Å². The van der Waals surface area contributed by atoms with Crippen molar-refractivity contribution in [1.29, 1.82) is 0 Å². The van der Waals surface area contributed by atoms with Crippen LogP contribution in [0.3, 0.4) is 0 Å². The number of nitrogens with zero attached hydrogens (tertiary/aromatic N) is 1. The maximum absolute atomic E-state index is 11.2. The van der Waals surface area contributed by atoms with Crippen LogP contribution >= 0.6 is 15.9 Å². The van der Waals surface area contributed by atoms with E-state index in [1.165, 1.54) is 5.56 Å². The Kier molecular flexibility index (Phi) is 3.96. The summed E-state index contributed by atoms with van der Waals surface area (Å²) >= 11 is 3.47. The van der Waals surface area contributed by atoms with E-state index in [9.17, 15) is 4.79 Å². The summed E-state index contributed by atoms with van der Waals surface area (Å²) in [6, 6.07) is 8.31. The average Bonchev–Trinajstić information content (AvgIpc) is 2.44. The molecule has 0 saturated carbocycles. The minimum absolute atomic E-state index is 0.164. The second kappa shape index (κ2) is 5.46. The second-order valence-electron chi connectivity index (χ2n) is 4.01. The van der Waals surface area contributed by atoms with E-state index in [0.29, 0.717) is 6.42 Å². The van der Waals surface area contributed by atoms with Gasteiger partial charge in [-0.15, -0.1) is 0 Å². The highest BCUT2D eigenvalue weighted by atomic mass is 79.9. The van der Waals surface area contributed by atoms with Crippen molar-refractivity contribution in [1.82, 2.24) is 10.2 Å². The van der Waals surface area contributed by atoms with Gasteiger partial charge in [0.25, 0.3) is 0 Å². The minimum Gasteiger partial charge on any atom is -0.355 e. The van der Waals surface area contributed by atoms with Crippen molar-refractivity contribution in [2.75, 3.05) is 19.6 Å². The molecule has 0 atom stereocenters. The van der Waals surface area contributed by atoms with E-state index in [2.05, 4.69) is 38.3 Å². The van der Waals surface area contributed by atoms with E-state index in [4.69, 9.17) is 0 Å². The van der Waals surface area contributed by atoms with Gasteiger partial charge in [0.15, 0.2) is 0 Å². The van der Waals surface area contributed by atoms with Crippen molar-refractivity contribution in [3.05, 3.63) is 34.3 Å². The summed E-state index contributed by atoms with van der Waals surface area (Å²) in [5.41, 5.74) is 1.28. The van der Waals surface area contributed by atoms with Crippen LogP contribution in [0.5, 0.6) is 0 Å². The van der Waals surface area contributed by atoms with Crippen molar-refractivity contribution in [3.8, 4) is 0 Å². The van der Waals surface area contributed by atoms with Crippen LogP contribution in [-0.2, 0) is 11.3 Å². The lowest BCUT2D eigenvalue weighted by Crippen LogP contribution is -2.28. The molecule has 0 spiro atoms. The number of hydrogen-bond acceptors (Lipinski definition) is 2. The molecule has 86 valence electrons. The largest absolute Gasteiger partial charge is 0.355 e. The standard InChI is InChI=1S/C12H15BrN2O/c13-11-3-1-2-10(8-11)9-15-6-4-12(16)14-5-7-15/h1-3,8H,4-7,9H2,(H,14,16). The summed E-state index contributed by atoms with van der Waals surface area (Å²) in [7, 11) is 0. The Morgan fingerprint density at radius 3 is 3.06 bits per heavy atom. The van der Waals surface area contributed by atoms with Crippen molar-refractivity contribution >= 4 is 21.8 Å². The normalized spacial score (nSPS) is 17.9. The number of carbonyl (C=O) groups is 1. The molecule has 1 saturated heterocycles. The molecule has 1 aliphatic rings.